The van der Waals surface area contributed by atoms with Crippen LogP contribution in [0.3, 0.4) is 0 Å². The predicted octanol–water partition coefficient (Wildman–Crippen LogP) is 2.12. The number of nitrogens with zero attached hydrogens (tertiary/aromatic N) is 3. The summed E-state index contributed by atoms with van der Waals surface area (Å²) in [6.07, 6.45) is 1.04. The zero-order valence-corrected chi connectivity index (χ0v) is 13.2. The molecular weight excluding hydrogens is 317 g/mol. The van der Waals surface area contributed by atoms with Crippen LogP contribution in [0.4, 0.5) is 10.1 Å². The molecule has 0 aliphatic rings. The van der Waals surface area contributed by atoms with E-state index < -0.39 is 16.4 Å². The van der Waals surface area contributed by atoms with Crippen molar-refractivity contribution in [2.75, 3.05) is 7.05 Å². The average Bonchev–Trinajstić information content (AvgIpc) is 2.55. The Bertz CT molecular complexity index is 817. The molecule has 1 amide bonds. The number of aromatic nitrogens is 1. The van der Waals surface area contributed by atoms with Crippen molar-refractivity contribution in [3.05, 3.63) is 74.4 Å². The van der Waals surface area contributed by atoms with Crippen LogP contribution < -0.4 is 5.56 Å². The first-order valence-corrected chi connectivity index (χ1v) is 7.15. The Morgan fingerprint density at radius 2 is 1.92 bits per heavy atom. The van der Waals surface area contributed by atoms with Crippen molar-refractivity contribution < 1.29 is 14.1 Å². The molecule has 2 rings (SSSR count). The standard InChI is InChI=1S/C16H16FN3O4/c1-11(12-3-5-13(17)6-4-12)18(2)16(22)10-19-9-14(20(23)24)7-8-15(19)21/h3-9,11H,10H2,1-2H3. The fourth-order valence-electron chi connectivity index (χ4n) is 2.19. The lowest BCUT2D eigenvalue weighted by atomic mass is 10.1. The number of nitro groups is 1. The number of benzene rings is 1. The fraction of sp³-hybridized carbons (Fsp3) is 0.250. The molecule has 1 heterocycles. The van der Waals surface area contributed by atoms with Crippen LogP contribution in [0.2, 0.25) is 0 Å². The molecule has 0 saturated carbocycles. The van der Waals surface area contributed by atoms with Gasteiger partial charge in [-0.1, -0.05) is 12.1 Å². The maximum Gasteiger partial charge on any atom is 0.285 e. The Hall–Kier alpha value is -3.03. The van der Waals surface area contributed by atoms with E-state index in [0.717, 1.165) is 28.5 Å². The van der Waals surface area contributed by atoms with Gasteiger partial charge in [0, 0.05) is 19.2 Å². The highest BCUT2D eigenvalue weighted by atomic mass is 19.1. The number of hydrogen-bond donors (Lipinski definition) is 0. The number of halogens is 1. The van der Waals surface area contributed by atoms with Gasteiger partial charge in [-0.15, -0.1) is 0 Å². The van der Waals surface area contributed by atoms with Gasteiger partial charge in [-0.25, -0.2) is 4.39 Å². The molecule has 7 nitrogen and oxygen atoms in total. The Kier molecular flexibility index (Phi) is 5.08. The van der Waals surface area contributed by atoms with Crippen LogP contribution in [0.25, 0.3) is 0 Å². The lowest BCUT2D eigenvalue weighted by molar-refractivity contribution is -0.385. The van der Waals surface area contributed by atoms with E-state index in [9.17, 15) is 24.1 Å². The number of likely N-dealkylation sites (N-methyl/N-ethyl adjacent to an activating group) is 1. The number of carbonyl (C=O) groups excluding carboxylic acids is 1. The van der Waals surface area contributed by atoms with E-state index in [0.29, 0.717) is 0 Å². The number of hydrogen-bond acceptors (Lipinski definition) is 4. The predicted molar refractivity (Wildman–Crippen MR) is 84.9 cm³/mol. The van der Waals surface area contributed by atoms with Crippen LogP contribution in [0.5, 0.6) is 0 Å². The Morgan fingerprint density at radius 3 is 2.50 bits per heavy atom. The number of rotatable bonds is 5. The molecule has 1 aromatic heterocycles. The smallest absolute Gasteiger partial charge is 0.285 e. The highest BCUT2D eigenvalue weighted by Gasteiger charge is 2.19. The number of pyridine rings is 1. The Balaban J connectivity index is 2.17. The lowest BCUT2D eigenvalue weighted by Gasteiger charge is -2.25. The van der Waals surface area contributed by atoms with E-state index in [-0.39, 0.29) is 24.1 Å². The van der Waals surface area contributed by atoms with Crippen LogP contribution in [-0.2, 0) is 11.3 Å². The number of amides is 1. The summed E-state index contributed by atoms with van der Waals surface area (Å²) in [5, 5.41) is 10.8. The molecule has 0 saturated heterocycles. The van der Waals surface area contributed by atoms with Gasteiger partial charge in [-0.05, 0) is 24.6 Å². The summed E-state index contributed by atoms with van der Waals surface area (Å²) >= 11 is 0. The minimum absolute atomic E-state index is 0.267. The summed E-state index contributed by atoms with van der Waals surface area (Å²) in [5.41, 5.74) is -0.0351. The van der Waals surface area contributed by atoms with Gasteiger partial charge < -0.3 is 4.90 Å². The topological polar surface area (TPSA) is 85.4 Å². The van der Waals surface area contributed by atoms with E-state index in [1.807, 2.05) is 0 Å². The maximum absolute atomic E-state index is 13.0. The van der Waals surface area contributed by atoms with E-state index >= 15 is 0 Å². The molecule has 0 aliphatic carbocycles. The van der Waals surface area contributed by atoms with Gasteiger partial charge in [0.2, 0.25) is 5.91 Å². The van der Waals surface area contributed by atoms with Crippen molar-refractivity contribution in [2.45, 2.75) is 19.5 Å². The molecule has 2 aromatic rings. The summed E-state index contributed by atoms with van der Waals surface area (Å²) in [6.45, 7) is 1.45. The minimum atomic E-state index is -0.634. The molecule has 0 aliphatic heterocycles. The fourth-order valence-corrected chi connectivity index (χ4v) is 2.19. The number of carbonyl (C=O) groups is 1. The molecule has 0 bridgehead atoms. The SMILES string of the molecule is CC(c1ccc(F)cc1)N(C)C(=O)Cn1cc([N+](=O)[O-])ccc1=O. The second-order valence-corrected chi connectivity index (χ2v) is 5.34. The van der Waals surface area contributed by atoms with Crippen LogP contribution >= 0.6 is 0 Å². The first-order valence-electron chi connectivity index (χ1n) is 7.15. The molecule has 1 unspecified atom stereocenters. The Labute approximate surface area is 137 Å². The van der Waals surface area contributed by atoms with Crippen LogP contribution in [0, 0.1) is 15.9 Å². The zero-order valence-electron chi connectivity index (χ0n) is 13.2. The first-order chi connectivity index (χ1) is 11.3. The van der Waals surface area contributed by atoms with Gasteiger partial charge in [-0.3, -0.25) is 24.3 Å². The maximum atomic E-state index is 13.0. The Morgan fingerprint density at radius 1 is 1.29 bits per heavy atom. The average molecular weight is 333 g/mol. The zero-order chi connectivity index (χ0) is 17.9. The molecule has 8 heteroatoms. The van der Waals surface area contributed by atoms with Crippen molar-refractivity contribution >= 4 is 11.6 Å². The van der Waals surface area contributed by atoms with E-state index in [1.54, 1.807) is 26.1 Å². The van der Waals surface area contributed by atoms with Gasteiger partial charge in [0.05, 0.1) is 17.2 Å². The summed E-state index contributed by atoms with van der Waals surface area (Å²) in [6, 6.07) is 7.55. The third-order valence-electron chi connectivity index (χ3n) is 3.81. The summed E-state index contributed by atoms with van der Waals surface area (Å²) < 4.78 is 14.0. The molecule has 0 fully saturated rings. The van der Waals surface area contributed by atoms with Gasteiger partial charge in [0.1, 0.15) is 12.4 Å². The molecule has 0 spiro atoms. The van der Waals surface area contributed by atoms with Crippen molar-refractivity contribution in [1.29, 1.82) is 0 Å². The van der Waals surface area contributed by atoms with Gasteiger partial charge in [-0.2, -0.15) is 0 Å². The second kappa shape index (κ2) is 7.03. The molecule has 0 N–H and O–H groups in total. The monoisotopic (exact) mass is 333 g/mol. The van der Waals surface area contributed by atoms with Crippen molar-refractivity contribution in [3.8, 4) is 0 Å². The summed E-state index contributed by atoms with van der Waals surface area (Å²) in [5.74, 6) is -0.766. The third kappa shape index (κ3) is 3.83. The molecule has 0 radical (unpaired) electrons. The van der Waals surface area contributed by atoms with Crippen LogP contribution in [0.1, 0.15) is 18.5 Å². The minimum Gasteiger partial charge on any atom is -0.337 e. The highest BCUT2D eigenvalue weighted by molar-refractivity contribution is 5.76. The van der Waals surface area contributed by atoms with Gasteiger partial charge in [0.15, 0.2) is 0 Å². The van der Waals surface area contributed by atoms with Gasteiger partial charge >= 0.3 is 0 Å². The van der Waals surface area contributed by atoms with Gasteiger partial charge in [0.25, 0.3) is 11.2 Å². The summed E-state index contributed by atoms with van der Waals surface area (Å²) in [4.78, 5) is 35.6. The van der Waals surface area contributed by atoms with E-state index in [2.05, 4.69) is 0 Å². The lowest BCUT2D eigenvalue weighted by Crippen LogP contribution is -2.35. The van der Waals surface area contributed by atoms with Crippen LogP contribution in [-0.4, -0.2) is 27.3 Å². The quantitative estimate of drug-likeness (QED) is 0.619. The van der Waals surface area contributed by atoms with Crippen molar-refractivity contribution in [3.63, 3.8) is 0 Å². The summed E-state index contributed by atoms with van der Waals surface area (Å²) in [7, 11) is 1.55. The molecule has 126 valence electrons. The highest BCUT2D eigenvalue weighted by Crippen LogP contribution is 2.19. The molecular formula is C16H16FN3O4. The van der Waals surface area contributed by atoms with Crippen molar-refractivity contribution in [2.24, 2.45) is 0 Å². The van der Waals surface area contributed by atoms with E-state index in [1.165, 1.54) is 17.0 Å². The van der Waals surface area contributed by atoms with Crippen LogP contribution in [0.15, 0.2) is 47.4 Å². The van der Waals surface area contributed by atoms with Crippen molar-refractivity contribution in [1.82, 2.24) is 9.47 Å². The first kappa shape index (κ1) is 17.3. The molecule has 24 heavy (non-hydrogen) atoms. The third-order valence-corrected chi connectivity index (χ3v) is 3.81. The second-order valence-electron chi connectivity index (χ2n) is 5.34. The molecule has 1 atom stereocenters. The van der Waals surface area contributed by atoms with E-state index in [4.69, 9.17) is 0 Å². The molecule has 1 aromatic carbocycles. The normalized spacial score (nSPS) is 11.8. The largest absolute Gasteiger partial charge is 0.337 e.